The summed E-state index contributed by atoms with van der Waals surface area (Å²) < 4.78 is 10.4. The number of hydrogen-bond acceptors (Lipinski definition) is 5. The SMILES string of the molecule is O=C(S)Oc1ccc2oc3ccc(C(=O)O)cc3c(=O)c2c1. The van der Waals surface area contributed by atoms with Gasteiger partial charge in [-0.2, -0.15) is 0 Å². The number of ether oxygens (including phenoxy) is 1. The van der Waals surface area contributed by atoms with Crippen LogP contribution < -0.4 is 10.2 Å². The van der Waals surface area contributed by atoms with Gasteiger partial charge in [0.15, 0.2) is 0 Å². The third-order valence-electron chi connectivity index (χ3n) is 3.09. The lowest BCUT2D eigenvalue weighted by atomic mass is 10.1. The summed E-state index contributed by atoms with van der Waals surface area (Å²) in [6, 6.07) is 8.35. The fourth-order valence-corrected chi connectivity index (χ4v) is 2.24. The Balaban J connectivity index is 2.31. The van der Waals surface area contributed by atoms with Crippen molar-refractivity contribution < 1.29 is 23.8 Å². The van der Waals surface area contributed by atoms with Crippen molar-refractivity contribution in [2.24, 2.45) is 0 Å². The molecule has 0 aliphatic rings. The lowest BCUT2D eigenvalue weighted by Gasteiger charge is -2.04. The van der Waals surface area contributed by atoms with Crippen molar-refractivity contribution in [2.75, 3.05) is 0 Å². The van der Waals surface area contributed by atoms with Gasteiger partial charge >= 0.3 is 11.3 Å². The van der Waals surface area contributed by atoms with Crippen LogP contribution in [0.2, 0.25) is 0 Å². The highest BCUT2D eigenvalue weighted by Crippen LogP contribution is 2.23. The molecule has 1 heterocycles. The van der Waals surface area contributed by atoms with Crippen LogP contribution in [0.15, 0.2) is 45.6 Å². The molecule has 0 saturated heterocycles. The number of hydrogen-bond donors (Lipinski definition) is 2. The molecule has 110 valence electrons. The summed E-state index contributed by atoms with van der Waals surface area (Å²) in [6.07, 6.45) is 0. The van der Waals surface area contributed by atoms with Crippen LogP contribution >= 0.6 is 12.6 Å². The van der Waals surface area contributed by atoms with E-state index in [1.165, 1.54) is 36.4 Å². The van der Waals surface area contributed by atoms with Crippen LogP contribution in [0, 0.1) is 0 Å². The Morgan fingerprint density at radius 3 is 2.32 bits per heavy atom. The molecule has 0 saturated carbocycles. The summed E-state index contributed by atoms with van der Waals surface area (Å²) in [6.45, 7) is 0. The van der Waals surface area contributed by atoms with Crippen LogP contribution in [0.5, 0.6) is 5.75 Å². The maximum Gasteiger partial charge on any atom is 0.369 e. The van der Waals surface area contributed by atoms with Crippen molar-refractivity contribution in [2.45, 2.75) is 0 Å². The van der Waals surface area contributed by atoms with Crippen LogP contribution in [-0.2, 0) is 0 Å². The molecule has 22 heavy (non-hydrogen) atoms. The van der Waals surface area contributed by atoms with Gasteiger partial charge in [-0.1, -0.05) is 12.6 Å². The largest absolute Gasteiger partial charge is 0.478 e. The van der Waals surface area contributed by atoms with Crippen LogP contribution in [0.25, 0.3) is 21.9 Å². The topological polar surface area (TPSA) is 93.8 Å². The monoisotopic (exact) mass is 316 g/mol. The number of carboxylic acid groups (broad SMARTS) is 1. The van der Waals surface area contributed by atoms with Gasteiger partial charge < -0.3 is 14.3 Å². The predicted octanol–water partition coefficient (Wildman–Crippen LogP) is 3.07. The van der Waals surface area contributed by atoms with Crippen molar-refractivity contribution in [3.63, 3.8) is 0 Å². The zero-order valence-electron chi connectivity index (χ0n) is 10.9. The molecule has 0 spiro atoms. The second-order valence-electron chi connectivity index (χ2n) is 4.47. The number of carbonyl (C=O) groups excluding carboxylic acids is 1. The minimum absolute atomic E-state index is 0.0166. The summed E-state index contributed by atoms with van der Waals surface area (Å²) in [5.74, 6) is -0.993. The fourth-order valence-electron chi connectivity index (χ4n) is 2.13. The molecule has 0 atom stereocenters. The fraction of sp³-hybridized carbons (Fsp3) is 0. The first-order valence-electron chi connectivity index (χ1n) is 6.10. The molecule has 2 aromatic carbocycles. The number of benzene rings is 2. The predicted molar refractivity (Wildman–Crippen MR) is 82.0 cm³/mol. The number of aromatic carboxylic acids is 1. The van der Waals surface area contributed by atoms with Gasteiger partial charge in [0, 0.05) is 0 Å². The van der Waals surface area contributed by atoms with Gasteiger partial charge in [-0.15, -0.1) is 0 Å². The molecule has 0 fully saturated rings. The highest BCUT2D eigenvalue weighted by Gasteiger charge is 2.12. The first-order valence-corrected chi connectivity index (χ1v) is 6.55. The van der Waals surface area contributed by atoms with Crippen LogP contribution in [-0.4, -0.2) is 16.4 Å². The van der Waals surface area contributed by atoms with E-state index in [9.17, 15) is 14.4 Å². The van der Waals surface area contributed by atoms with Crippen LogP contribution in [0.1, 0.15) is 10.4 Å². The molecule has 3 rings (SSSR count). The minimum atomic E-state index is -1.14. The normalized spacial score (nSPS) is 10.8. The van der Waals surface area contributed by atoms with E-state index < -0.39 is 16.7 Å². The number of rotatable bonds is 2. The molecule has 0 aliphatic carbocycles. The molecular weight excluding hydrogens is 308 g/mol. The van der Waals surface area contributed by atoms with Gasteiger partial charge in [0.2, 0.25) is 5.43 Å². The average Bonchev–Trinajstić information content (AvgIpc) is 2.47. The third kappa shape index (κ3) is 2.42. The van der Waals surface area contributed by atoms with E-state index in [-0.39, 0.29) is 27.7 Å². The summed E-state index contributed by atoms with van der Waals surface area (Å²) in [5, 5.41) is 8.51. The quantitative estimate of drug-likeness (QED) is 0.429. The van der Waals surface area contributed by atoms with Gasteiger partial charge in [-0.05, 0) is 36.4 Å². The van der Waals surface area contributed by atoms with Crippen molar-refractivity contribution in [1.29, 1.82) is 0 Å². The van der Waals surface area contributed by atoms with Gasteiger partial charge in [-0.25, -0.2) is 9.59 Å². The van der Waals surface area contributed by atoms with E-state index in [0.717, 1.165) is 0 Å². The zero-order valence-corrected chi connectivity index (χ0v) is 11.8. The zero-order chi connectivity index (χ0) is 15.9. The van der Waals surface area contributed by atoms with Gasteiger partial charge in [0.1, 0.15) is 16.9 Å². The Kier molecular flexibility index (Phi) is 3.34. The first kappa shape index (κ1) is 14.2. The molecule has 6 nitrogen and oxygen atoms in total. The Bertz CT molecular complexity index is 988. The van der Waals surface area contributed by atoms with Gasteiger partial charge in [0.25, 0.3) is 0 Å². The van der Waals surface area contributed by atoms with Gasteiger partial charge in [0.05, 0.1) is 16.3 Å². The Morgan fingerprint density at radius 2 is 1.68 bits per heavy atom. The summed E-state index contributed by atoms with van der Waals surface area (Å²) in [5.41, 5.74) is 0.162. The van der Waals surface area contributed by atoms with Crippen LogP contribution in [0.3, 0.4) is 0 Å². The Morgan fingerprint density at radius 1 is 1.05 bits per heavy atom. The lowest BCUT2D eigenvalue weighted by molar-refractivity contribution is 0.0697. The molecule has 0 bridgehead atoms. The molecule has 1 aromatic heterocycles. The number of thiol groups is 1. The first-order chi connectivity index (χ1) is 10.5. The number of fused-ring (bicyclic) bond motifs is 2. The van der Waals surface area contributed by atoms with E-state index >= 15 is 0 Å². The maximum atomic E-state index is 12.5. The van der Waals surface area contributed by atoms with E-state index in [2.05, 4.69) is 12.6 Å². The molecule has 0 radical (unpaired) electrons. The van der Waals surface area contributed by atoms with Crippen LogP contribution in [0.4, 0.5) is 4.79 Å². The summed E-state index contributed by atoms with van der Waals surface area (Å²) in [4.78, 5) is 34.3. The van der Waals surface area contributed by atoms with E-state index in [1.807, 2.05) is 0 Å². The highest BCUT2D eigenvalue weighted by molar-refractivity contribution is 7.96. The summed E-state index contributed by atoms with van der Waals surface area (Å²) >= 11 is 3.50. The lowest BCUT2D eigenvalue weighted by Crippen LogP contribution is -2.05. The maximum absolute atomic E-state index is 12.5. The molecule has 7 heteroatoms. The van der Waals surface area contributed by atoms with Crippen molar-refractivity contribution in [3.8, 4) is 5.75 Å². The van der Waals surface area contributed by atoms with E-state index in [1.54, 1.807) is 0 Å². The van der Waals surface area contributed by atoms with Crippen molar-refractivity contribution in [1.82, 2.24) is 0 Å². The third-order valence-corrected chi connectivity index (χ3v) is 3.18. The van der Waals surface area contributed by atoms with Crippen molar-refractivity contribution in [3.05, 3.63) is 52.2 Å². The Labute approximate surface area is 128 Å². The second kappa shape index (κ2) is 5.19. The average molecular weight is 316 g/mol. The standard InChI is InChI=1S/C15H8O6S/c16-13-9-5-7(14(17)18)1-3-11(9)21-12-4-2-8(6-10(12)13)20-15(19)22/h1-6H,(H,17,18)(H,19,22). The van der Waals surface area contributed by atoms with Crippen molar-refractivity contribution >= 4 is 45.8 Å². The summed E-state index contributed by atoms with van der Waals surface area (Å²) in [7, 11) is 0. The Hall–Kier alpha value is -2.80. The van der Waals surface area contributed by atoms with E-state index in [4.69, 9.17) is 14.3 Å². The molecule has 0 unspecified atom stereocenters. The molecule has 3 aromatic rings. The van der Waals surface area contributed by atoms with E-state index in [0.29, 0.717) is 5.58 Å². The molecule has 0 aliphatic heterocycles. The minimum Gasteiger partial charge on any atom is -0.478 e. The molecule has 0 amide bonds. The van der Waals surface area contributed by atoms with Gasteiger partial charge in [-0.3, -0.25) is 4.79 Å². The highest BCUT2D eigenvalue weighted by atomic mass is 32.1. The second-order valence-corrected chi connectivity index (χ2v) is 4.84. The molecular formula is C15H8O6S. The number of carboxylic acids is 1. The molecule has 1 N–H and O–H groups in total. The number of carbonyl (C=O) groups is 2. The smallest absolute Gasteiger partial charge is 0.369 e.